The Balaban J connectivity index is 1.97. The summed E-state index contributed by atoms with van der Waals surface area (Å²) in [4.78, 5) is 12.4. The van der Waals surface area contributed by atoms with Gasteiger partial charge in [0.05, 0.1) is 5.25 Å². The van der Waals surface area contributed by atoms with Gasteiger partial charge < -0.3 is 9.88 Å². The number of aromatic nitrogens is 3. The van der Waals surface area contributed by atoms with E-state index in [1.54, 1.807) is 6.33 Å². The van der Waals surface area contributed by atoms with Crippen LogP contribution < -0.4 is 5.32 Å². The fraction of sp³-hybridized carbons (Fsp3) is 0.471. The largest absolute Gasteiger partial charge is 0.325 e. The molecule has 130 valence electrons. The van der Waals surface area contributed by atoms with Gasteiger partial charge in [0.15, 0.2) is 5.16 Å². The standard InChI is InChI=1S/C17H23ClN4OS/c1-4-5-6-10-22-11-19-21-17(22)24-13(3)16(23)20-15-9-7-8-14(18)12(15)2/h7-9,11,13H,4-6,10H2,1-3H3,(H,20,23)/t13-/m1/s1. The summed E-state index contributed by atoms with van der Waals surface area (Å²) in [5.74, 6) is -0.0755. The minimum Gasteiger partial charge on any atom is -0.325 e. The first-order valence-corrected chi connectivity index (χ1v) is 9.39. The molecule has 0 bridgehead atoms. The van der Waals surface area contributed by atoms with E-state index in [1.165, 1.54) is 24.6 Å². The number of hydrogen-bond acceptors (Lipinski definition) is 4. The number of carbonyl (C=O) groups excluding carboxylic acids is 1. The van der Waals surface area contributed by atoms with Gasteiger partial charge in [0.1, 0.15) is 6.33 Å². The summed E-state index contributed by atoms with van der Waals surface area (Å²) in [5.41, 5.74) is 1.61. The highest BCUT2D eigenvalue weighted by Gasteiger charge is 2.18. The number of benzene rings is 1. The van der Waals surface area contributed by atoms with Crippen molar-refractivity contribution in [3.05, 3.63) is 35.1 Å². The lowest BCUT2D eigenvalue weighted by Crippen LogP contribution is -2.23. The van der Waals surface area contributed by atoms with Crippen LogP contribution in [-0.2, 0) is 11.3 Å². The van der Waals surface area contributed by atoms with Crippen LogP contribution in [0.5, 0.6) is 0 Å². The molecule has 2 rings (SSSR count). The van der Waals surface area contributed by atoms with Crippen LogP contribution in [0.15, 0.2) is 29.7 Å². The lowest BCUT2D eigenvalue weighted by Gasteiger charge is -2.14. The number of halogens is 1. The van der Waals surface area contributed by atoms with E-state index in [-0.39, 0.29) is 11.2 Å². The van der Waals surface area contributed by atoms with Gasteiger partial charge in [-0.3, -0.25) is 4.79 Å². The fourth-order valence-electron chi connectivity index (χ4n) is 2.21. The predicted octanol–water partition coefficient (Wildman–Crippen LogP) is 4.55. The maximum atomic E-state index is 12.4. The van der Waals surface area contributed by atoms with Crippen molar-refractivity contribution < 1.29 is 4.79 Å². The molecule has 0 aliphatic carbocycles. The first kappa shape index (κ1) is 18.8. The quantitative estimate of drug-likeness (QED) is 0.550. The van der Waals surface area contributed by atoms with E-state index in [4.69, 9.17) is 11.6 Å². The number of hydrogen-bond donors (Lipinski definition) is 1. The van der Waals surface area contributed by atoms with Crippen molar-refractivity contribution in [1.29, 1.82) is 0 Å². The number of rotatable bonds is 8. The van der Waals surface area contributed by atoms with Gasteiger partial charge >= 0.3 is 0 Å². The van der Waals surface area contributed by atoms with Gasteiger partial charge in [-0.05, 0) is 38.0 Å². The Labute approximate surface area is 152 Å². The molecule has 1 heterocycles. The zero-order chi connectivity index (χ0) is 17.5. The van der Waals surface area contributed by atoms with Crippen LogP contribution in [-0.4, -0.2) is 25.9 Å². The lowest BCUT2D eigenvalue weighted by atomic mass is 10.2. The van der Waals surface area contributed by atoms with E-state index in [0.29, 0.717) is 5.02 Å². The molecule has 2 aromatic rings. The van der Waals surface area contributed by atoms with Crippen molar-refractivity contribution in [2.45, 2.75) is 57.0 Å². The fourth-order valence-corrected chi connectivity index (χ4v) is 3.23. The van der Waals surface area contributed by atoms with E-state index in [9.17, 15) is 4.79 Å². The van der Waals surface area contributed by atoms with Crippen molar-refractivity contribution in [1.82, 2.24) is 14.8 Å². The Kier molecular flexibility index (Phi) is 7.12. The Morgan fingerprint density at radius 2 is 2.21 bits per heavy atom. The molecular weight excluding hydrogens is 344 g/mol. The number of thioether (sulfide) groups is 1. The third kappa shape index (κ3) is 4.98. The highest BCUT2D eigenvalue weighted by Crippen LogP contribution is 2.26. The Morgan fingerprint density at radius 1 is 1.42 bits per heavy atom. The van der Waals surface area contributed by atoms with Crippen LogP contribution >= 0.6 is 23.4 Å². The number of unbranched alkanes of at least 4 members (excludes halogenated alkanes) is 2. The molecule has 1 amide bonds. The first-order chi connectivity index (χ1) is 11.5. The van der Waals surface area contributed by atoms with Crippen molar-refractivity contribution in [2.24, 2.45) is 0 Å². The predicted molar refractivity (Wildman–Crippen MR) is 99.7 cm³/mol. The summed E-state index contributed by atoms with van der Waals surface area (Å²) in [5, 5.41) is 12.2. The second-order valence-electron chi connectivity index (χ2n) is 5.68. The van der Waals surface area contributed by atoms with Gasteiger partial charge in [-0.2, -0.15) is 0 Å². The summed E-state index contributed by atoms with van der Waals surface area (Å²) in [6.07, 6.45) is 5.16. The van der Waals surface area contributed by atoms with E-state index < -0.39 is 0 Å². The maximum absolute atomic E-state index is 12.4. The maximum Gasteiger partial charge on any atom is 0.237 e. The van der Waals surface area contributed by atoms with Gasteiger partial charge in [0, 0.05) is 17.3 Å². The minimum atomic E-state index is -0.280. The third-order valence-corrected chi connectivity index (χ3v) is 5.26. The van der Waals surface area contributed by atoms with E-state index in [1.807, 2.05) is 36.6 Å². The van der Waals surface area contributed by atoms with Crippen LogP contribution in [0.25, 0.3) is 0 Å². The number of carbonyl (C=O) groups is 1. The van der Waals surface area contributed by atoms with Crippen LogP contribution in [0.3, 0.4) is 0 Å². The molecule has 1 atom stereocenters. The van der Waals surface area contributed by atoms with Gasteiger partial charge in [-0.1, -0.05) is 49.2 Å². The molecule has 1 aromatic carbocycles. The van der Waals surface area contributed by atoms with Crippen molar-refractivity contribution in [3.63, 3.8) is 0 Å². The molecule has 0 aliphatic rings. The minimum absolute atomic E-state index is 0.0755. The van der Waals surface area contributed by atoms with Crippen molar-refractivity contribution in [2.75, 3.05) is 5.32 Å². The summed E-state index contributed by atoms with van der Waals surface area (Å²) < 4.78 is 2.01. The summed E-state index contributed by atoms with van der Waals surface area (Å²) >= 11 is 7.51. The molecule has 0 fully saturated rings. The monoisotopic (exact) mass is 366 g/mol. The number of aryl methyl sites for hydroxylation is 1. The molecular formula is C17H23ClN4OS. The number of nitrogens with one attached hydrogen (secondary N) is 1. The van der Waals surface area contributed by atoms with Gasteiger partial charge in [-0.25, -0.2) is 0 Å². The van der Waals surface area contributed by atoms with Gasteiger partial charge in [0.25, 0.3) is 0 Å². The highest BCUT2D eigenvalue weighted by molar-refractivity contribution is 8.00. The molecule has 24 heavy (non-hydrogen) atoms. The number of nitrogens with zero attached hydrogens (tertiary/aromatic N) is 3. The summed E-state index contributed by atoms with van der Waals surface area (Å²) in [6.45, 7) is 6.81. The molecule has 5 nitrogen and oxygen atoms in total. The Morgan fingerprint density at radius 3 is 2.96 bits per heavy atom. The zero-order valence-electron chi connectivity index (χ0n) is 14.3. The normalized spacial score (nSPS) is 12.2. The van der Waals surface area contributed by atoms with Crippen LogP contribution in [0, 0.1) is 6.92 Å². The SMILES string of the molecule is CCCCCn1cnnc1S[C@H](C)C(=O)Nc1cccc(Cl)c1C. The highest BCUT2D eigenvalue weighted by atomic mass is 35.5. The topological polar surface area (TPSA) is 59.8 Å². The molecule has 0 radical (unpaired) electrons. The Hall–Kier alpha value is -1.53. The van der Waals surface area contributed by atoms with Gasteiger partial charge in [-0.15, -0.1) is 10.2 Å². The molecule has 0 unspecified atom stereocenters. The third-order valence-electron chi connectivity index (χ3n) is 3.76. The van der Waals surface area contributed by atoms with Crippen molar-refractivity contribution in [3.8, 4) is 0 Å². The van der Waals surface area contributed by atoms with Crippen molar-refractivity contribution >= 4 is 35.0 Å². The molecule has 7 heteroatoms. The summed E-state index contributed by atoms with van der Waals surface area (Å²) in [7, 11) is 0. The molecule has 0 spiro atoms. The van der Waals surface area contributed by atoms with Crippen LogP contribution in [0.2, 0.25) is 5.02 Å². The average Bonchev–Trinajstić information content (AvgIpc) is 2.99. The van der Waals surface area contributed by atoms with E-state index in [0.717, 1.165) is 29.4 Å². The molecule has 1 aromatic heterocycles. The smallest absolute Gasteiger partial charge is 0.237 e. The lowest BCUT2D eigenvalue weighted by molar-refractivity contribution is -0.115. The van der Waals surface area contributed by atoms with E-state index >= 15 is 0 Å². The molecule has 0 aliphatic heterocycles. The Bertz CT molecular complexity index is 689. The van der Waals surface area contributed by atoms with Crippen LogP contribution in [0.4, 0.5) is 5.69 Å². The number of anilines is 1. The van der Waals surface area contributed by atoms with Gasteiger partial charge in [0.2, 0.25) is 5.91 Å². The summed E-state index contributed by atoms with van der Waals surface area (Å²) in [6, 6.07) is 5.49. The zero-order valence-corrected chi connectivity index (χ0v) is 15.8. The first-order valence-electron chi connectivity index (χ1n) is 8.13. The molecule has 0 saturated heterocycles. The second kappa shape index (κ2) is 9.08. The van der Waals surface area contributed by atoms with Crippen LogP contribution in [0.1, 0.15) is 38.7 Å². The van der Waals surface area contributed by atoms with E-state index in [2.05, 4.69) is 22.4 Å². The number of amides is 1. The second-order valence-corrected chi connectivity index (χ2v) is 7.39. The molecule has 1 N–H and O–H groups in total. The molecule has 0 saturated carbocycles. The average molecular weight is 367 g/mol.